The van der Waals surface area contributed by atoms with Crippen LogP contribution in [-0.4, -0.2) is 44.4 Å². The van der Waals surface area contributed by atoms with Crippen molar-refractivity contribution in [1.29, 1.82) is 0 Å². The maximum atomic E-state index is 12.0. The fourth-order valence-electron chi connectivity index (χ4n) is 2.30. The molecule has 1 amide bonds. The maximum Gasteiger partial charge on any atom is 0.407 e. The molecule has 0 aromatic rings. The lowest BCUT2D eigenvalue weighted by molar-refractivity contribution is 0.0497. The van der Waals surface area contributed by atoms with E-state index in [4.69, 9.17) is 14.3 Å². The first-order valence-corrected chi connectivity index (χ1v) is 12.9. The number of carbonyl (C=O) groups excluding carboxylic acids is 1. The highest BCUT2D eigenvalue weighted by Gasteiger charge is 2.36. The van der Waals surface area contributed by atoms with Gasteiger partial charge in [0.05, 0.1) is 0 Å². The highest BCUT2D eigenvalue weighted by atomic mass is 28.4. The summed E-state index contributed by atoms with van der Waals surface area (Å²) in [6.07, 6.45) is 5.09. The lowest BCUT2D eigenvalue weighted by Crippen LogP contribution is -2.41. The molecule has 0 rings (SSSR count). The Morgan fingerprint density at radius 3 is 2.00 bits per heavy atom. The molecule has 26 heavy (non-hydrogen) atoms. The zero-order valence-corrected chi connectivity index (χ0v) is 19.4. The van der Waals surface area contributed by atoms with Crippen LogP contribution < -0.4 is 5.32 Å². The first kappa shape index (κ1) is 25.4. The summed E-state index contributed by atoms with van der Waals surface area (Å²) in [6, 6.07) is 0.0873. The number of alkyl carbamates (subject to hydrolysis) is 1. The smallest absolute Gasteiger partial charge is 0.407 e. The number of hydrogen-bond donors (Lipinski definition) is 2. The molecule has 0 bridgehead atoms. The Balaban J connectivity index is 4.32. The van der Waals surface area contributed by atoms with Crippen molar-refractivity contribution in [3.05, 3.63) is 0 Å². The number of nitrogens with one attached hydrogen (secondary N) is 1. The van der Waals surface area contributed by atoms with E-state index >= 15 is 0 Å². The number of amides is 1. The third kappa shape index (κ3) is 11.9. The number of aliphatic hydroxyl groups is 1. The summed E-state index contributed by atoms with van der Waals surface area (Å²) < 4.78 is 11.6. The van der Waals surface area contributed by atoms with E-state index in [0.717, 1.165) is 45.1 Å². The summed E-state index contributed by atoms with van der Waals surface area (Å²) in [7, 11) is -1.68. The second-order valence-electron chi connectivity index (χ2n) is 9.67. The molecule has 0 saturated heterocycles. The van der Waals surface area contributed by atoms with Crippen molar-refractivity contribution < 1.29 is 19.1 Å². The van der Waals surface area contributed by atoms with Crippen LogP contribution in [0.2, 0.25) is 18.1 Å². The van der Waals surface area contributed by atoms with E-state index in [1.54, 1.807) is 0 Å². The van der Waals surface area contributed by atoms with Crippen LogP contribution in [0.4, 0.5) is 4.79 Å². The third-order valence-electron chi connectivity index (χ3n) is 4.90. The molecule has 5 nitrogen and oxygen atoms in total. The van der Waals surface area contributed by atoms with Gasteiger partial charge in [0.15, 0.2) is 8.32 Å². The highest BCUT2D eigenvalue weighted by molar-refractivity contribution is 6.74. The minimum Gasteiger partial charge on any atom is -0.444 e. The Kier molecular flexibility index (Phi) is 11.0. The molecular formula is C20H43NO4Si. The number of carbonyl (C=O) groups is 1. The predicted molar refractivity (Wildman–Crippen MR) is 111 cm³/mol. The molecule has 0 spiro atoms. The molecule has 0 unspecified atom stereocenters. The zero-order valence-electron chi connectivity index (χ0n) is 18.4. The van der Waals surface area contributed by atoms with Gasteiger partial charge in [0.1, 0.15) is 5.60 Å². The fourth-order valence-corrected chi connectivity index (χ4v) is 3.39. The van der Waals surface area contributed by atoms with Crippen molar-refractivity contribution in [2.45, 2.75) is 110 Å². The summed E-state index contributed by atoms with van der Waals surface area (Å²) >= 11 is 0. The second-order valence-corrected chi connectivity index (χ2v) is 14.5. The van der Waals surface area contributed by atoms with Gasteiger partial charge in [0.25, 0.3) is 0 Å². The van der Waals surface area contributed by atoms with Gasteiger partial charge in [-0.1, -0.05) is 20.8 Å². The van der Waals surface area contributed by atoms with Crippen LogP contribution in [-0.2, 0) is 9.16 Å². The lowest BCUT2D eigenvalue weighted by Gasteiger charge is -2.36. The fraction of sp³-hybridized carbons (Fsp3) is 0.950. The second kappa shape index (κ2) is 11.3. The average molecular weight is 390 g/mol. The SMILES string of the molecule is CC(C)(C)OC(=O)N[C@@H](CCCCO)CCCCO[Si](C)(C)C(C)(C)C. The van der Waals surface area contributed by atoms with E-state index in [1.807, 2.05) is 20.8 Å². The molecule has 0 saturated carbocycles. The van der Waals surface area contributed by atoms with Gasteiger partial charge in [-0.05, 0) is 77.4 Å². The number of aliphatic hydroxyl groups excluding tert-OH is 1. The van der Waals surface area contributed by atoms with Crippen LogP contribution in [0.1, 0.15) is 80.1 Å². The van der Waals surface area contributed by atoms with Crippen LogP contribution in [0.3, 0.4) is 0 Å². The third-order valence-corrected chi connectivity index (χ3v) is 9.44. The van der Waals surface area contributed by atoms with Crippen LogP contribution >= 0.6 is 0 Å². The van der Waals surface area contributed by atoms with Crippen molar-refractivity contribution in [2.75, 3.05) is 13.2 Å². The summed E-state index contributed by atoms with van der Waals surface area (Å²) in [4.78, 5) is 12.0. The van der Waals surface area contributed by atoms with E-state index in [1.165, 1.54) is 0 Å². The lowest BCUT2D eigenvalue weighted by atomic mass is 10.0. The van der Waals surface area contributed by atoms with Gasteiger partial charge >= 0.3 is 6.09 Å². The van der Waals surface area contributed by atoms with Crippen molar-refractivity contribution in [3.8, 4) is 0 Å². The molecular weight excluding hydrogens is 346 g/mol. The minimum atomic E-state index is -1.68. The molecule has 0 aliphatic heterocycles. The molecule has 0 aromatic carbocycles. The number of ether oxygens (including phenoxy) is 1. The standard InChI is InChI=1S/C20H43NO4Si/c1-19(2,3)25-18(23)21-17(13-9-11-15-22)14-10-12-16-24-26(7,8)20(4,5)6/h17,22H,9-16H2,1-8H3,(H,21,23)/t17-/m0/s1. The van der Waals surface area contributed by atoms with E-state index in [9.17, 15) is 4.79 Å². The highest BCUT2D eigenvalue weighted by Crippen LogP contribution is 2.36. The minimum absolute atomic E-state index is 0.0873. The van der Waals surface area contributed by atoms with Gasteiger partial charge in [0, 0.05) is 19.3 Å². The zero-order chi connectivity index (χ0) is 20.4. The van der Waals surface area contributed by atoms with Gasteiger partial charge in [-0.15, -0.1) is 0 Å². The Hall–Kier alpha value is -0.593. The van der Waals surface area contributed by atoms with Gasteiger partial charge < -0.3 is 19.6 Å². The van der Waals surface area contributed by atoms with E-state index in [0.29, 0.717) is 0 Å². The van der Waals surface area contributed by atoms with Gasteiger partial charge in [-0.25, -0.2) is 4.79 Å². The summed E-state index contributed by atoms with van der Waals surface area (Å²) in [6.45, 7) is 17.9. The van der Waals surface area contributed by atoms with Crippen molar-refractivity contribution in [1.82, 2.24) is 5.32 Å². The molecule has 0 aromatic heterocycles. The maximum absolute atomic E-state index is 12.0. The molecule has 0 fully saturated rings. The van der Waals surface area contributed by atoms with E-state index in [2.05, 4.69) is 39.2 Å². The molecule has 0 aliphatic rings. The molecule has 0 heterocycles. The molecule has 2 N–H and O–H groups in total. The van der Waals surface area contributed by atoms with Crippen LogP contribution in [0.15, 0.2) is 0 Å². The number of hydrogen-bond acceptors (Lipinski definition) is 4. The average Bonchev–Trinajstić information content (AvgIpc) is 2.43. The number of unbranched alkanes of at least 4 members (excludes halogenated alkanes) is 2. The molecule has 156 valence electrons. The molecule has 6 heteroatoms. The van der Waals surface area contributed by atoms with Crippen LogP contribution in [0.5, 0.6) is 0 Å². The van der Waals surface area contributed by atoms with Crippen LogP contribution in [0, 0.1) is 0 Å². The van der Waals surface area contributed by atoms with Crippen molar-refractivity contribution >= 4 is 14.4 Å². The first-order chi connectivity index (χ1) is 11.8. The van der Waals surface area contributed by atoms with Crippen molar-refractivity contribution in [2.24, 2.45) is 0 Å². The van der Waals surface area contributed by atoms with Gasteiger partial charge in [-0.3, -0.25) is 0 Å². The van der Waals surface area contributed by atoms with Gasteiger partial charge in [-0.2, -0.15) is 0 Å². The summed E-state index contributed by atoms with van der Waals surface area (Å²) in [5.74, 6) is 0. The first-order valence-electron chi connectivity index (χ1n) is 10.0. The Morgan fingerprint density at radius 2 is 1.54 bits per heavy atom. The number of rotatable bonds is 11. The Bertz CT molecular complexity index is 400. The van der Waals surface area contributed by atoms with E-state index < -0.39 is 13.9 Å². The molecule has 0 aliphatic carbocycles. The Labute approximate surface area is 162 Å². The predicted octanol–water partition coefficient (Wildman–Crippen LogP) is 5.23. The van der Waals surface area contributed by atoms with E-state index in [-0.39, 0.29) is 23.8 Å². The Morgan fingerprint density at radius 1 is 1.00 bits per heavy atom. The normalized spacial score (nSPS) is 14.2. The topological polar surface area (TPSA) is 67.8 Å². The van der Waals surface area contributed by atoms with Gasteiger partial charge in [0.2, 0.25) is 0 Å². The molecule has 1 atom stereocenters. The summed E-state index contributed by atoms with van der Waals surface area (Å²) in [5.41, 5.74) is -0.489. The molecule has 0 radical (unpaired) electrons. The summed E-state index contributed by atoms with van der Waals surface area (Å²) in [5, 5.41) is 12.2. The van der Waals surface area contributed by atoms with Crippen LogP contribution in [0.25, 0.3) is 0 Å². The quantitative estimate of drug-likeness (QED) is 0.375. The monoisotopic (exact) mass is 389 g/mol. The largest absolute Gasteiger partial charge is 0.444 e. The van der Waals surface area contributed by atoms with Crippen molar-refractivity contribution in [3.63, 3.8) is 0 Å².